The molecule has 6 heteroatoms. The van der Waals surface area contributed by atoms with E-state index in [2.05, 4.69) is 10.6 Å². The van der Waals surface area contributed by atoms with Crippen molar-refractivity contribution >= 4 is 12.0 Å². The van der Waals surface area contributed by atoms with Crippen molar-refractivity contribution in [3.63, 3.8) is 0 Å². The molecular weight excluding hydrogens is 260 g/mol. The maximum absolute atomic E-state index is 11.5. The summed E-state index contributed by atoms with van der Waals surface area (Å²) < 4.78 is 5.42. The molecule has 108 valence electrons. The summed E-state index contributed by atoms with van der Waals surface area (Å²) in [7, 11) is 0. The molecule has 2 amide bonds. The number of carboxylic acid groups (broad SMARTS) is 1. The van der Waals surface area contributed by atoms with Gasteiger partial charge in [0.25, 0.3) is 0 Å². The molecule has 3 N–H and O–H groups in total. The third kappa shape index (κ3) is 3.88. The molecule has 6 nitrogen and oxygen atoms in total. The fraction of sp³-hybridized carbons (Fsp3) is 0.429. The number of ether oxygens (including phenoxy) is 1. The van der Waals surface area contributed by atoms with Crippen LogP contribution in [-0.4, -0.2) is 36.8 Å². The van der Waals surface area contributed by atoms with Crippen LogP contribution in [-0.2, 0) is 4.79 Å². The van der Waals surface area contributed by atoms with E-state index in [0.29, 0.717) is 26.0 Å². The molecule has 1 aromatic carbocycles. The molecule has 2 rings (SSSR count). The molecule has 1 aliphatic rings. The van der Waals surface area contributed by atoms with E-state index in [1.165, 1.54) is 0 Å². The molecule has 0 radical (unpaired) electrons. The number of hydrogen-bond donors (Lipinski definition) is 3. The smallest absolute Gasteiger partial charge is 0.314 e. The summed E-state index contributed by atoms with van der Waals surface area (Å²) in [6, 6.07) is 8.95. The third-order valence-electron chi connectivity index (χ3n) is 3.29. The molecule has 0 saturated heterocycles. The normalized spacial score (nSPS) is 15.2. The monoisotopic (exact) mass is 278 g/mol. The van der Waals surface area contributed by atoms with E-state index < -0.39 is 11.4 Å². The highest BCUT2D eigenvalue weighted by molar-refractivity contribution is 5.80. The Bertz CT molecular complexity index is 471. The number of carbonyl (C=O) groups is 2. The zero-order valence-corrected chi connectivity index (χ0v) is 11.1. The minimum Gasteiger partial charge on any atom is -0.492 e. The lowest BCUT2D eigenvalue weighted by Crippen LogP contribution is -2.42. The molecule has 1 aliphatic carbocycles. The van der Waals surface area contributed by atoms with E-state index in [9.17, 15) is 9.59 Å². The van der Waals surface area contributed by atoms with Crippen molar-refractivity contribution in [1.29, 1.82) is 0 Å². The van der Waals surface area contributed by atoms with Crippen LogP contribution in [0.1, 0.15) is 12.8 Å². The first-order chi connectivity index (χ1) is 9.62. The average molecular weight is 278 g/mol. The standard InChI is InChI=1S/C14H18N2O4/c17-12(18)14(6-7-14)10-16-13(19)15-8-9-20-11-4-2-1-3-5-11/h1-5H,6-10H2,(H,17,18)(H2,15,16,19). The third-order valence-corrected chi connectivity index (χ3v) is 3.29. The first kappa shape index (κ1) is 14.2. The van der Waals surface area contributed by atoms with E-state index in [1.807, 2.05) is 30.3 Å². The number of urea groups is 1. The van der Waals surface area contributed by atoms with Crippen LogP contribution in [0.4, 0.5) is 4.79 Å². The van der Waals surface area contributed by atoms with Gasteiger partial charge in [0.15, 0.2) is 0 Å². The number of amides is 2. The van der Waals surface area contributed by atoms with Gasteiger partial charge in [0.2, 0.25) is 0 Å². The van der Waals surface area contributed by atoms with Gasteiger partial charge in [0.05, 0.1) is 12.0 Å². The number of hydrogen-bond acceptors (Lipinski definition) is 3. The lowest BCUT2D eigenvalue weighted by Gasteiger charge is -2.12. The zero-order chi connectivity index (χ0) is 14.4. The Morgan fingerprint density at radius 1 is 1.20 bits per heavy atom. The van der Waals surface area contributed by atoms with Crippen LogP contribution in [0.25, 0.3) is 0 Å². The Balaban J connectivity index is 1.58. The summed E-state index contributed by atoms with van der Waals surface area (Å²) >= 11 is 0. The maximum Gasteiger partial charge on any atom is 0.314 e. The van der Waals surface area contributed by atoms with Gasteiger partial charge >= 0.3 is 12.0 Å². The van der Waals surface area contributed by atoms with Gasteiger partial charge in [-0.05, 0) is 25.0 Å². The lowest BCUT2D eigenvalue weighted by atomic mass is 10.1. The molecular formula is C14H18N2O4. The fourth-order valence-electron chi connectivity index (χ4n) is 1.78. The van der Waals surface area contributed by atoms with Crippen LogP contribution in [0.3, 0.4) is 0 Å². The highest BCUT2D eigenvalue weighted by Crippen LogP contribution is 2.45. The molecule has 0 heterocycles. The summed E-state index contributed by atoms with van der Waals surface area (Å²) in [5, 5.41) is 14.2. The highest BCUT2D eigenvalue weighted by atomic mass is 16.5. The van der Waals surface area contributed by atoms with E-state index in [0.717, 1.165) is 5.75 Å². The first-order valence-electron chi connectivity index (χ1n) is 6.55. The Labute approximate surface area is 117 Å². The van der Waals surface area contributed by atoms with Crippen LogP contribution in [0.15, 0.2) is 30.3 Å². The van der Waals surface area contributed by atoms with Crippen molar-refractivity contribution < 1.29 is 19.4 Å². The van der Waals surface area contributed by atoms with Gasteiger partial charge in [-0.3, -0.25) is 4.79 Å². The van der Waals surface area contributed by atoms with Gasteiger partial charge in [0.1, 0.15) is 12.4 Å². The van der Waals surface area contributed by atoms with Gasteiger partial charge in [-0.15, -0.1) is 0 Å². The zero-order valence-electron chi connectivity index (χ0n) is 11.1. The van der Waals surface area contributed by atoms with Crippen molar-refractivity contribution in [2.75, 3.05) is 19.7 Å². The Kier molecular flexibility index (Phi) is 4.45. The summed E-state index contributed by atoms with van der Waals surface area (Å²) in [6.45, 7) is 0.899. The number of carbonyl (C=O) groups excluding carboxylic acids is 1. The second-order valence-corrected chi connectivity index (χ2v) is 4.86. The molecule has 0 atom stereocenters. The minimum atomic E-state index is -0.842. The van der Waals surface area contributed by atoms with E-state index in [-0.39, 0.29) is 12.6 Å². The summed E-state index contributed by atoms with van der Waals surface area (Å²) in [6.07, 6.45) is 1.25. The predicted molar refractivity (Wildman–Crippen MR) is 72.6 cm³/mol. The van der Waals surface area contributed by atoms with Gasteiger partial charge < -0.3 is 20.5 Å². The second kappa shape index (κ2) is 6.27. The van der Waals surface area contributed by atoms with E-state index in [1.54, 1.807) is 0 Å². The minimum absolute atomic E-state index is 0.174. The van der Waals surface area contributed by atoms with Gasteiger partial charge in [0, 0.05) is 6.54 Å². The summed E-state index contributed by atoms with van der Waals surface area (Å²) in [4.78, 5) is 22.4. The quantitative estimate of drug-likeness (QED) is 0.655. The Hall–Kier alpha value is -2.24. The number of nitrogens with one attached hydrogen (secondary N) is 2. The SMILES string of the molecule is O=C(NCCOc1ccccc1)NCC1(C(=O)O)CC1. The number of aliphatic carboxylic acids is 1. The van der Waals surface area contributed by atoms with Crippen molar-refractivity contribution in [2.45, 2.75) is 12.8 Å². The van der Waals surface area contributed by atoms with Crippen LogP contribution in [0, 0.1) is 5.41 Å². The van der Waals surface area contributed by atoms with Crippen LogP contribution < -0.4 is 15.4 Å². The van der Waals surface area contributed by atoms with Crippen LogP contribution >= 0.6 is 0 Å². The lowest BCUT2D eigenvalue weighted by molar-refractivity contribution is -0.143. The highest BCUT2D eigenvalue weighted by Gasteiger charge is 2.50. The van der Waals surface area contributed by atoms with Gasteiger partial charge in [-0.1, -0.05) is 18.2 Å². The first-order valence-corrected chi connectivity index (χ1v) is 6.55. The molecule has 0 bridgehead atoms. The molecule has 0 aromatic heterocycles. The number of rotatable bonds is 7. The van der Waals surface area contributed by atoms with Gasteiger partial charge in [-0.2, -0.15) is 0 Å². The largest absolute Gasteiger partial charge is 0.492 e. The number of benzene rings is 1. The van der Waals surface area contributed by atoms with Crippen molar-refractivity contribution in [1.82, 2.24) is 10.6 Å². The average Bonchev–Trinajstić information content (AvgIpc) is 3.24. The van der Waals surface area contributed by atoms with Crippen molar-refractivity contribution in [3.8, 4) is 5.75 Å². The molecule has 20 heavy (non-hydrogen) atoms. The molecule has 1 fully saturated rings. The molecule has 0 unspecified atom stereocenters. The van der Waals surface area contributed by atoms with Crippen LogP contribution in [0.2, 0.25) is 0 Å². The van der Waals surface area contributed by atoms with Crippen LogP contribution in [0.5, 0.6) is 5.75 Å². The predicted octanol–water partition coefficient (Wildman–Crippen LogP) is 1.23. The fourth-order valence-corrected chi connectivity index (χ4v) is 1.78. The van der Waals surface area contributed by atoms with E-state index >= 15 is 0 Å². The topological polar surface area (TPSA) is 87.7 Å². The van der Waals surface area contributed by atoms with Gasteiger partial charge in [-0.25, -0.2) is 4.79 Å². The molecule has 0 spiro atoms. The molecule has 1 saturated carbocycles. The summed E-state index contributed by atoms with van der Waals surface area (Å²) in [5.74, 6) is -0.0947. The second-order valence-electron chi connectivity index (χ2n) is 4.86. The molecule has 0 aliphatic heterocycles. The Morgan fingerprint density at radius 3 is 2.50 bits per heavy atom. The van der Waals surface area contributed by atoms with Crippen molar-refractivity contribution in [2.24, 2.45) is 5.41 Å². The number of carboxylic acids is 1. The Morgan fingerprint density at radius 2 is 1.90 bits per heavy atom. The summed E-state index contributed by atoms with van der Waals surface area (Å²) in [5.41, 5.74) is -0.738. The van der Waals surface area contributed by atoms with E-state index in [4.69, 9.17) is 9.84 Å². The number of para-hydroxylation sites is 1. The maximum atomic E-state index is 11.5. The molecule has 1 aromatic rings. The van der Waals surface area contributed by atoms with Crippen molar-refractivity contribution in [3.05, 3.63) is 30.3 Å².